The van der Waals surface area contributed by atoms with E-state index in [4.69, 9.17) is 16.3 Å². The molecule has 0 bridgehead atoms. The van der Waals surface area contributed by atoms with Gasteiger partial charge in [0.05, 0.1) is 4.92 Å². The molecule has 0 aromatic heterocycles. The van der Waals surface area contributed by atoms with Gasteiger partial charge in [0.2, 0.25) is 0 Å². The van der Waals surface area contributed by atoms with Gasteiger partial charge >= 0.3 is 5.97 Å². The Balaban J connectivity index is 2.08. The number of nitro benzene ring substituents is 1. The second-order valence-electron chi connectivity index (χ2n) is 6.21. The van der Waals surface area contributed by atoms with Gasteiger partial charge in [-0.1, -0.05) is 30.9 Å². The Morgan fingerprint density at radius 1 is 1.32 bits per heavy atom. The molecule has 0 heterocycles. The number of hydrogen-bond acceptors (Lipinski definition) is 5. The van der Waals surface area contributed by atoms with E-state index in [1.165, 1.54) is 25.5 Å². The number of esters is 1. The van der Waals surface area contributed by atoms with Crippen LogP contribution in [0.3, 0.4) is 0 Å². The average Bonchev–Trinajstić information content (AvgIpc) is 2.60. The fourth-order valence-electron chi connectivity index (χ4n) is 3.04. The molecule has 1 atom stereocenters. The summed E-state index contributed by atoms with van der Waals surface area (Å²) in [7, 11) is 1.70. The zero-order valence-electron chi connectivity index (χ0n) is 14.2. The molecular formula is C17H21ClN2O5. The standard InChI is InChI=1S/C17H21ClN2O5/c1-11(16(21)19(2)13-6-4-3-5-7-13)25-17(22)14-10-12(18)8-9-15(14)20(23)24/h8-11,13H,3-7H2,1-2H3/t11-/m1/s1. The maximum atomic E-state index is 12.5. The van der Waals surface area contributed by atoms with Gasteiger partial charge in [-0.2, -0.15) is 0 Å². The van der Waals surface area contributed by atoms with Crippen LogP contribution in [0.5, 0.6) is 0 Å². The van der Waals surface area contributed by atoms with Crippen LogP contribution in [0.1, 0.15) is 49.4 Å². The Kier molecular flexibility index (Phi) is 6.36. The normalized spacial score (nSPS) is 16.1. The van der Waals surface area contributed by atoms with Gasteiger partial charge in [0.25, 0.3) is 11.6 Å². The van der Waals surface area contributed by atoms with Crippen molar-refractivity contribution in [3.63, 3.8) is 0 Å². The molecule has 1 amide bonds. The number of likely N-dealkylation sites (N-methyl/N-ethyl adjacent to an activating group) is 1. The van der Waals surface area contributed by atoms with Crippen LogP contribution >= 0.6 is 11.6 Å². The molecule has 0 spiro atoms. The first-order valence-electron chi connectivity index (χ1n) is 8.23. The van der Waals surface area contributed by atoms with Crippen molar-refractivity contribution in [1.29, 1.82) is 0 Å². The number of ether oxygens (including phenoxy) is 1. The van der Waals surface area contributed by atoms with Crippen molar-refractivity contribution in [1.82, 2.24) is 4.90 Å². The monoisotopic (exact) mass is 368 g/mol. The van der Waals surface area contributed by atoms with Crippen molar-refractivity contribution in [3.8, 4) is 0 Å². The number of nitro groups is 1. The molecular weight excluding hydrogens is 348 g/mol. The average molecular weight is 369 g/mol. The van der Waals surface area contributed by atoms with Crippen LogP contribution in [0.4, 0.5) is 5.69 Å². The van der Waals surface area contributed by atoms with Crippen molar-refractivity contribution < 1.29 is 19.2 Å². The van der Waals surface area contributed by atoms with E-state index in [1.807, 2.05) is 0 Å². The molecule has 25 heavy (non-hydrogen) atoms. The molecule has 0 N–H and O–H groups in total. The molecule has 0 unspecified atom stereocenters. The van der Waals surface area contributed by atoms with Gasteiger partial charge in [-0.25, -0.2) is 4.79 Å². The lowest BCUT2D eigenvalue weighted by atomic mass is 9.94. The van der Waals surface area contributed by atoms with Crippen LogP contribution in [0.15, 0.2) is 18.2 Å². The Labute approximate surface area is 151 Å². The number of nitrogens with zero attached hydrogens (tertiary/aromatic N) is 2. The predicted molar refractivity (Wildman–Crippen MR) is 92.6 cm³/mol. The predicted octanol–water partition coefficient (Wildman–Crippen LogP) is 3.58. The summed E-state index contributed by atoms with van der Waals surface area (Å²) in [5, 5.41) is 11.2. The number of carbonyl (C=O) groups is 2. The molecule has 1 aromatic carbocycles. The summed E-state index contributed by atoms with van der Waals surface area (Å²) in [4.78, 5) is 36.7. The van der Waals surface area contributed by atoms with Crippen LogP contribution in [0, 0.1) is 10.1 Å². The zero-order chi connectivity index (χ0) is 18.6. The molecule has 7 nitrogen and oxygen atoms in total. The van der Waals surface area contributed by atoms with E-state index in [9.17, 15) is 19.7 Å². The van der Waals surface area contributed by atoms with Gasteiger partial charge in [-0.15, -0.1) is 0 Å². The molecule has 0 radical (unpaired) electrons. The maximum absolute atomic E-state index is 12.5. The fourth-order valence-corrected chi connectivity index (χ4v) is 3.21. The van der Waals surface area contributed by atoms with Gasteiger partial charge in [0, 0.05) is 24.2 Å². The Morgan fingerprint density at radius 2 is 1.96 bits per heavy atom. The van der Waals surface area contributed by atoms with Gasteiger partial charge in [-0.3, -0.25) is 14.9 Å². The van der Waals surface area contributed by atoms with E-state index in [-0.39, 0.29) is 22.5 Å². The summed E-state index contributed by atoms with van der Waals surface area (Å²) >= 11 is 5.81. The van der Waals surface area contributed by atoms with Crippen molar-refractivity contribution in [2.45, 2.75) is 51.2 Å². The number of benzene rings is 1. The lowest BCUT2D eigenvalue weighted by molar-refractivity contribution is -0.385. The van der Waals surface area contributed by atoms with Crippen molar-refractivity contribution >= 4 is 29.2 Å². The van der Waals surface area contributed by atoms with Crippen LogP contribution in [0.25, 0.3) is 0 Å². The zero-order valence-corrected chi connectivity index (χ0v) is 15.0. The highest BCUT2D eigenvalue weighted by molar-refractivity contribution is 6.31. The second-order valence-corrected chi connectivity index (χ2v) is 6.64. The molecule has 2 rings (SSSR count). The molecule has 1 aliphatic carbocycles. The minimum absolute atomic E-state index is 0.142. The number of hydrogen-bond donors (Lipinski definition) is 0. The third-order valence-corrected chi connectivity index (χ3v) is 4.71. The summed E-state index contributed by atoms with van der Waals surface area (Å²) in [5.41, 5.74) is -0.674. The minimum atomic E-state index is -1.03. The van der Waals surface area contributed by atoms with E-state index in [2.05, 4.69) is 0 Å². The van der Waals surface area contributed by atoms with E-state index in [1.54, 1.807) is 11.9 Å². The highest BCUT2D eigenvalue weighted by Gasteiger charge is 2.30. The molecule has 1 aromatic rings. The molecule has 0 saturated heterocycles. The molecule has 1 aliphatic rings. The minimum Gasteiger partial charge on any atom is -0.449 e. The lowest BCUT2D eigenvalue weighted by Gasteiger charge is -2.32. The summed E-state index contributed by atoms with van der Waals surface area (Å²) in [6.45, 7) is 1.47. The first kappa shape index (κ1) is 19.2. The Hall–Kier alpha value is -2.15. The summed E-state index contributed by atoms with van der Waals surface area (Å²) in [5.74, 6) is -1.25. The van der Waals surface area contributed by atoms with Gasteiger partial charge < -0.3 is 9.64 Å². The molecule has 8 heteroatoms. The molecule has 1 saturated carbocycles. The smallest absolute Gasteiger partial charge is 0.345 e. The second kappa shape index (κ2) is 8.29. The quantitative estimate of drug-likeness (QED) is 0.450. The topological polar surface area (TPSA) is 89.7 Å². The first-order chi connectivity index (χ1) is 11.8. The van der Waals surface area contributed by atoms with E-state index in [0.29, 0.717) is 0 Å². The van der Waals surface area contributed by atoms with Gasteiger partial charge in [0.1, 0.15) is 5.56 Å². The first-order valence-corrected chi connectivity index (χ1v) is 8.60. The highest BCUT2D eigenvalue weighted by Crippen LogP contribution is 2.25. The summed E-state index contributed by atoms with van der Waals surface area (Å²) in [6.07, 6.45) is 4.15. The van der Waals surface area contributed by atoms with Crippen molar-refractivity contribution in [2.24, 2.45) is 0 Å². The number of rotatable bonds is 5. The van der Waals surface area contributed by atoms with Crippen molar-refractivity contribution in [3.05, 3.63) is 38.9 Å². The Bertz CT molecular complexity index is 673. The maximum Gasteiger partial charge on any atom is 0.345 e. The van der Waals surface area contributed by atoms with Crippen LogP contribution in [-0.2, 0) is 9.53 Å². The third kappa shape index (κ3) is 4.69. The van der Waals surface area contributed by atoms with Gasteiger partial charge in [0.15, 0.2) is 6.10 Å². The Morgan fingerprint density at radius 3 is 2.56 bits per heavy atom. The largest absolute Gasteiger partial charge is 0.449 e. The number of amides is 1. The van der Waals surface area contributed by atoms with E-state index >= 15 is 0 Å². The summed E-state index contributed by atoms with van der Waals surface area (Å²) in [6, 6.07) is 3.77. The fraction of sp³-hybridized carbons (Fsp3) is 0.529. The van der Waals surface area contributed by atoms with Gasteiger partial charge in [-0.05, 0) is 31.9 Å². The van der Waals surface area contributed by atoms with Crippen molar-refractivity contribution in [2.75, 3.05) is 7.05 Å². The summed E-state index contributed by atoms with van der Waals surface area (Å²) < 4.78 is 5.16. The number of carbonyl (C=O) groups excluding carboxylic acids is 2. The number of halogens is 1. The third-order valence-electron chi connectivity index (χ3n) is 4.48. The van der Waals surface area contributed by atoms with Crippen LogP contribution < -0.4 is 0 Å². The molecule has 136 valence electrons. The molecule has 0 aliphatic heterocycles. The SMILES string of the molecule is C[C@@H](OC(=O)c1cc(Cl)ccc1[N+](=O)[O-])C(=O)N(C)C1CCCCC1. The van der Waals surface area contributed by atoms with E-state index < -0.39 is 22.7 Å². The highest BCUT2D eigenvalue weighted by atomic mass is 35.5. The molecule has 1 fully saturated rings. The van der Waals surface area contributed by atoms with E-state index in [0.717, 1.165) is 31.7 Å². The van der Waals surface area contributed by atoms with Crippen LogP contribution in [0.2, 0.25) is 5.02 Å². The van der Waals surface area contributed by atoms with Crippen LogP contribution in [-0.4, -0.2) is 40.9 Å². The lowest BCUT2D eigenvalue weighted by Crippen LogP contribution is -2.44.